The van der Waals surface area contributed by atoms with Gasteiger partial charge in [-0.15, -0.1) is 24.0 Å². The zero-order chi connectivity index (χ0) is 16.2. The van der Waals surface area contributed by atoms with Crippen molar-refractivity contribution in [2.75, 3.05) is 33.4 Å². The van der Waals surface area contributed by atoms with Crippen LogP contribution in [0.5, 0.6) is 0 Å². The molecule has 1 amide bonds. The summed E-state index contributed by atoms with van der Waals surface area (Å²) in [6.07, 6.45) is 3.17. The summed E-state index contributed by atoms with van der Waals surface area (Å²) < 4.78 is 5.08. The molecule has 1 aromatic heterocycles. The normalized spacial score (nSPS) is 12.0. The molecule has 1 aromatic rings. The lowest BCUT2D eigenvalue weighted by atomic mass is 10.3. The van der Waals surface area contributed by atoms with Crippen LogP contribution in [0.2, 0.25) is 0 Å². The molecule has 8 heteroatoms. The van der Waals surface area contributed by atoms with Crippen molar-refractivity contribution in [3.63, 3.8) is 0 Å². The highest BCUT2D eigenvalue weighted by atomic mass is 127. The van der Waals surface area contributed by atoms with Crippen molar-refractivity contribution >= 4 is 35.8 Å². The number of ether oxygens (including phenoxy) is 1. The molecule has 1 rings (SSSR count). The van der Waals surface area contributed by atoms with E-state index in [0.717, 1.165) is 6.54 Å². The maximum absolute atomic E-state index is 11.8. The fourth-order valence-electron chi connectivity index (χ4n) is 1.78. The van der Waals surface area contributed by atoms with Crippen LogP contribution in [0.25, 0.3) is 0 Å². The first-order chi connectivity index (χ1) is 10.7. The second-order valence-electron chi connectivity index (χ2n) is 4.76. The number of hydrogen-bond donors (Lipinski definition) is 3. The molecule has 0 saturated heterocycles. The number of hydrogen-bond acceptors (Lipinski definition) is 4. The fourth-order valence-corrected chi connectivity index (χ4v) is 1.78. The summed E-state index contributed by atoms with van der Waals surface area (Å²) in [6, 6.07) is 3.62. The van der Waals surface area contributed by atoms with Crippen LogP contribution >= 0.6 is 24.0 Å². The van der Waals surface area contributed by atoms with E-state index in [0.29, 0.717) is 31.2 Å². The number of halogens is 1. The Morgan fingerprint density at radius 2 is 2.22 bits per heavy atom. The summed E-state index contributed by atoms with van der Waals surface area (Å²) in [6.45, 7) is 6.34. The van der Waals surface area contributed by atoms with Crippen LogP contribution in [-0.2, 0) is 4.74 Å². The van der Waals surface area contributed by atoms with Crippen LogP contribution in [0.4, 0.5) is 0 Å². The van der Waals surface area contributed by atoms with Crippen LogP contribution in [0.1, 0.15) is 24.2 Å². The van der Waals surface area contributed by atoms with Crippen molar-refractivity contribution in [1.82, 2.24) is 20.9 Å². The summed E-state index contributed by atoms with van der Waals surface area (Å²) in [4.78, 5) is 20.2. The summed E-state index contributed by atoms with van der Waals surface area (Å²) in [5.41, 5.74) is 0.547. The highest BCUT2D eigenvalue weighted by Crippen LogP contribution is 1.94. The van der Waals surface area contributed by atoms with E-state index in [1.54, 1.807) is 25.4 Å². The maximum Gasteiger partial charge on any atom is 0.252 e. The molecular weight excluding hydrogens is 409 g/mol. The molecule has 23 heavy (non-hydrogen) atoms. The van der Waals surface area contributed by atoms with Gasteiger partial charge in [0.05, 0.1) is 18.7 Å². The number of carbonyl (C=O) groups excluding carboxylic acids is 1. The van der Waals surface area contributed by atoms with Gasteiger partial charge in [0, 0.05) is 38.6 Å². The summed E-state index contributed by atoms with van der Waals surface area (Å²) in [7, 11) is 1.66. The van der Waals surface area contributed by atoms with Crippen molar-refractivity contribution in [2.24, 2.45) is 4.99 Å². The first kappa shape index (κ1) is 21.6. The second kappa shape index (κ2) is 13.1. The first-order valence-electron chi connectivity index (χ1n) is 7.39. The molecule has 0 saturated carbocycles. The molecular formula is C15H26IN5O2. The largest absolute Gasteiger partial charge is 0.383 e. The van der Waals surface area contributed by atoms with E-state index >= 15 is 0 Å². The standard InChI is InChI=1S/C15H25N5O2.HI/c1-4-17-15(20-12(2)11-22-3)19-9-8-18-14(21)13-6-5-7-16-10-13;/h5-7,10,12H,4,8-9,11H2,1-3H3,(H,18,21)(H2,17,19,20);1H. The minimum absolute atomic E-state index is 0. The molecule has 1 heterocycles. The third kappa shape index (κ3) is 9.34. The quantitative estimate of drug-likeness (QED) is 0.246. The van der Waals surface area contributed by atoms with Crippen LogP contribution in [0, 0.1) is 0 Å². The lowest BCUT2D eigenvalue weighted by Gasteiger charge is -2.17. The number of carbonyl (C=O) groups is 1. The van der Waals surface area contributed by atoms with Gasteiger partial charge in [0.1, 0.15) is 0 Å². The predicted molar refractivity (Wildman–Crippen MR) is 102 cm³/mol. The summed E-state index contributed by atoms with van der Waals surface area (Å²) in [5.74, 6) is 0.566. The van der Waals surface area contributed by atoms with E-state index in [1.807, 2.05) is 13.8 Å². The van der Waals surface area contributed by atoms with E-state index in [9.17, 15) is 4.79 Å². The van der Waals surface area contributed by atoms with Gasteiger partial charge in [-0.1, -0.05) is 0 Å². The molecule has 3 N–H and O–H groups in total. The Morgan fingerprint density at radius 3 is 2.83 bits per heavy atom. The number of amides is 1. The zero-order valence-electron chi connectivity index (χ0n) is 13.8. The van der Waals surface area contributed by atoms with Gasteiger partial charge in [0.25, 0.3) is 5.91 Å². The molecule has 1 unspecified atom stereocenters. The Morgan fingerprint density at radius 1 is 1.43 bits per heavy atom. The lowest BCUT2D eigenvalue weighted by Crippen LogP contribution is -2.44. The topological polar surface area (TPSA) is 87.6 Å². The number of rotatable bonds is 8. The molecule has 7 nitrogen and oxygen atoms in total. The van der Waals surface area contributed by atoms with E-state index in [4.69, 9.17) is 4.74 Å². The van der Waals surface area contributed by atoms with Gasteiger partial charge in [0.2, 0.25) is 0 Å². The van der Waals surface area contributed by atoms with Crippen LogP contribution < -0.4 is 16.0 Å². The summed E-state index contributed by atoms with van der Waals surface area (Å²) >= 11 is 0. The van der Waals surface area contributed by atoms with Gasteiger partial charge >= 0.3 is 0 Å². The fraction of sp³-hybridized carbons (Fsp3) is 0.533. The third-order valence-electron chi connectivity index (χ3n) is 2.74. The van der Waals surface area contributed by atoms with Crippen LogP contribution in [-0.4, -0.2) is 56.2 Å². The average Bonchev–Trinajstić information content (AvgIpc) is 2.52. The molecule has 0 bridgehead atoms. The number of nitrogens with zero attached hydrogens (tertiary/aromatic N) is 2. The number of guanidine groups is 1. The SMILES string of the molecule is CCNC(=NCCNC(=O)c1cccnc1)NC(C)COC.I. The number of aromatic nitrogens is 1. The summed E-state index contributed by atoms with van der Waals surface area (Å²) in [5, 5.41) is 9.19. The highest BCUT2D eigenvalue weighted by Gasteiger charge is 2.05. The molecule has 0 aliphatic carbocycles. The van der Waals surface area contributed by atoms with E-state index in [1.165, 1.54) is 6.20 Å². The van der Waals surface area contributed by atoms with Gasteiger partial charge in [-0.3, -0.25) is 14.8 Å². The number of pyridine rings is 1. The molecule has 0 aliphatic rings. The molecule has 0 aliphatic heterocycles. The highest BCUT2D eigenvalue weighted by molar-refractivity contribution is 14.0. The Kier molecular flexibility index (Phi) is 12.3. The zero-order valence-corrected chi connectivity index (χ0v) is 16.2. The van der Waals surface area contributed by atoms with E-state index in [2.05, 4.69) is 25.9 Å². The van der Waals surface area contributed by atoms with Crippen molar-refractivity contribution in [3.05, 3.63) is 30.1 Å². The van der Waals surface area contributed by atoms with Gasteiger partial charge < -0.3 is 20.7 Å². The molecule has 130 valence electrons. The van der Waals surface area contributed by atoms with Crippen molar-refractivity contribution < 1.29 is 9.53 Å². The van der Waals surface area contributed by atoms with Gasteiger partial charge in [0.15, 0.2) is 5.96 Å². The first-order valence-corrected chi connectivity index (χ1v) is 7.39. The maximum atomic E-state index is 11.8. The predicted octanol–water partition coefficient (Wildman–Crippen LogP) is 1.02. The minimum atomic E-state index is -0.144. The molecule has 0 aromatic carbocycles. The number of methoxy groups -OCH3 is 1. The molecule has 0 spiro atoms. The Balaban J connectivity index is 0.00000484. The van der Waals surface area contributed by atoms with Crippen molar-refractivity contribution in [2.45, 2.75) is 19.9 Å². The van der Waals surface area contributed by atoms with Crippen molar-refractivity contribution in [1.29, 1.82) is 0 Å². The lowest BCUT2D eigenvalue weighted by molar-refractivity contribution is 0.0954. The van der Waals surface area contributed by atoms with Crippen LogP contribution in [0.15, 0.2) is 29.5 Å². The number of aliphatic imine (C=N–C) groups is 1. The van der Waals surface area contributed by atoms with Crippen molar-refractivity contribution in [3.8, 4) is 0 Å². The second-order valence-corrected chi connectivity index (χ2v) is 4.76. The average molecular weight is 435 g/mol. The van der Waals surface area contributed by atoms with Gasteiger partial charge in [-0.2, -0.15) is 0 Å². The molecule has 0 fully saturated rings. The van der Waals surface area contributed by atoms with Gasteiger partial charge in [-0.05, 0) is 26.0 Å². The van der Waals surface area contributed by atoms with E-state index in [-0.39, 0.29) is 35.9 Å². The monoisotopic (exact) mass is 435 g/mol. The Hall–Kier alpha value is -1.42. The Bertz CT molecular complexity index is 470. The van der Waals surface area contributed by atoms with Gasteiger partial charge in [-0.25, -0.2) is 0 Å². The minimum Gasteiger partial charge on any atom is -0.383 e. The third-order valence-corrected chi connectivity index (χ3v) is 2.74. The molecule has 0 radical (unpaired) electrons. The number of nitrogens with one attached hydrogen (secondary N) is 3. The smallest absolute Gasteiger partial charge is 0.252 e. The van der Waals surface area contributed by atoms with E-state index < -0.39 is 0 Å². The molecule has 1 atom stereocenters. The van der Waals surface area contributed by atoms with Crippen LogP contribution in [0.3, 0.4) is 0 Å². The Labute approximate surface area is 154 Å².